The smallest absolute Gasteiger partial charge is 0.253 e. The van der Waals surface area contributed by atoms with Crippen LogP contribution in [0.3, 0.4) is 0 Å². The van der Waals surface area contributed by atoms with Crippen molar-refractivity contribution in [3.63, 3.8) is 0 Å². The maximum atomic E-state index is 13.4. The molecule has 3 amide bonds. The first-order chi connectivity index (χ1) is 15.4. The van der Waals surface area contributed by atoms with E-state index in [0.717, 1.165) is 31.5 Å². The molecule has 8 nitrogen and oxygen atoms in total. The van der Waals surface area contributed by atoms with Crippen molar-refractivity contribution in [1.29, 1.82) is 0 Å². The van der Waals surface area contributed by atoms with Crippen LogP contribution in [0.1, 0.15) is 29.6 Å². The molecule has 168 valence electrons. The fraction of sp³-hybridized carbons (Fsp3) is 0.375. The number of rotatable bonds is 5. The topological polar surface area (TPSA) is 82.2 Å². The van der Waals surface area contributed by atoms with Gasteiger partial charge in [0.2, 0.25) is 11.8 Å². The van der Waals surface area contributed by atoms with Gasteiger partial charge in [0.15, 0.2) is 0 Å². The number of carbonyl (C=O) groups excluding carboxylic acids is 3. The van der Waals surface area contributed by atoms with Crippen LogP contribution in [0.2, 0.25) is 0 Å². The summed E-state index contributed by atoms with van der Waals surface area (Å²) in [6.45, 7) is 0.654. The van der Waals surface area contributed by atoms with E-state index >= 15 is 0 Å². The second-order valence-electron chi connectivity index (χ2n) is 8.31. The molecular weight excluding hydrogens is 408 g/mol. The zero-order valence-electron chi connectivity index (χ0n) is 18.6. The van der Waals surface area contributed by atoms with Gasteiger partial charge in [0.05, 0.1) is 18.5 Å². The second kappa shape index (κ2) is 8.90. The molecule has 0 aliphatic carbocycles. The minimum absolute atomic E-state index is 0.104. The van der Waals surface area contributed by atoms with Gasteiger partial charge in [-0.15, -0.1) is 0 Å². The number of ether oxygens (including phenoxy) is 1. The van der Waals surface area contributed by atoms with E-state index in [1.165, 1.54) is 9.80 Å². The summed E-state index contributed by atoms with van der Waals surface area (Å²) in [5.74, 6) is 0.0623. The molecular formula is C24H28N4O4. The van der Waals surface area contributed by atoms with Gasteiger partial charge < -0.3 is 19.9 Å². The van der Waals surface area contributed by atoms with Crippen molar-refractivity contribution >= 4 is 34.8 Å². The number of benzene rings is 2. The Hall–Kier alpha value is -3.55. The molecule has 1 saturated heterocycles. The first kappa shape index (κ1) is 21.7. The lowest BCUT2D eigenvalue weighted by atomic mass is 9.95. The minimum Gasteiger partial charge on any atom is -0.497 e. The normalized spacial score (nSPS) is 17.3. The maximum Gasteiger partial charge on any atom is 0.253 e. The van der Waals surface area contributed by atoms with Gasteiger partial charge in [0, 0.05) is 38.0 Å². The minimum atomic E-state index is -0.314. The van der Waals surface area contributed by atoms with Gasteiger partial charge in [-0.2, -0.15) is 0 Å². The van der Waals surface area contributed by atoms with E-state index in [4.69, 9.17) is 4.74 Å². The van der Waals surface area contributed by atoms with Crippen molar-refractivity contribution in [3.05, 3.63) is 48.0 Å². The lowest BCUT2D eigenvalue weighted by Gasteiger charge is -2.45. The number of hydrogen-bond donors (Lipinski definition) is 1. The van der Waals surface area contributed by atoms with Crippen LogP contribution in [-0.2, 0) is 9.59 Å². The van der Waals surface area contributed by atoms with Crippen LogP contribution in [-0.4, -0.2) is 63.0 Å². The molecule has 8 heteroatoms. The van der Waals surface area contributed by atoms with Gasteiger partial charge in [-0.1, -0.05) is 6.07 Å². The highest BCUT2D eigenvalue weighted by Crippen LogP contribution is 2.40. The van der Waals surface area contributed by atoms with Crippen LogP contribution in [0.25, 0.3) is 0 Å². The van der Waals surface area contributed by atoms with Crippen molar-refractivity contribution in [1.82, 2.24) is 4.90 Å². The Morgan fingerprint density at radius 3 is 2.69 bits per heavy atom. The van der Waals surface area contributed by atoms with E-state index in [1.807, 2.05) is 6.07 Å². The molecule has 2 aromatic carbocycles. The van der Waals surface area contributed by atoms with E-state index in [2.05, 4.69) is 10.2 Å². The third kappa shape index (κ3) is 4.12. The lowest BCUT2D eigenvalue weighted by molar-refractivity contribution is -0.123. The molecule has 1 atom stereocenters. The maximum absolute atomic E-state index is 13.4. The molecule has 2 aliphatic rings. The Labute approximate surface area is 187 Å². The SMILES string of the molecule is COc1cccc(NC(=O)CN2C(=O)[C@H]3CCCCN3c3ccc(C(=O)N(C)C)cc32)c1. The van der Waals surface area contributed by atoms with Crippen molar-refractivity contribution in [2.75, 3.05) is 49.4 Å². The summed E-state index contributed by atoms with van der Waals surface area (Å²) in [5, 5.41) is 2.84. The van der Waals surface area contributed by atoms with Crippen LogP contribution < -0.4 is 19.9 Å². The Kier molecular flexibility index (Phi) is 6.03. The van der Waals surface area contributed by atoms with Crippen molar-refractivity contribution < 1.29 is 19.1 Å². The van der Waals surface area contributed by atoms with Crippen LogP contribution in [0.4, 0.5) is 17.1 Å². The average molecular weight is 437 g/mol. The Morgan fingerprint density at radius 2 is 1.94 bits per heavy atom. The highest BCUT2D eigenvalue weighted by molar-refractivity contribution is 6.11. The zero-order chi connectivity index (χ0) is 22.8. The summed E-state index contributed by atoms with van der Waals surface area (Å²) in [6.07, 6.45) is 2.74. The third-order valence-corrected chi connectivity index (χ3v) is 5.94. The van der Waals surface area contributed by atoms with Gasteiger partial charge in [-0.05, 0) is 49.6 Å². The molecule has 0 aromatic heterocycles. The van der Waals surface area contributed by atoms with E-state index in [-0.39, 0.29) is 30.3 Å². The summed E-state index contributed by atoms with van der Waals surface area (Å²) >= 11 is 0. The molecule has 0 unspecified atom stereocenters. The third-order valence-electron chi connectivity index (χ3n) is 5.94. The monoisotopic (exact) mass is 436 g/mol. The fourth-order valence-electron chi connectivity index (χ4n) is 4.36. The Balaban J connectivity index is 1.65. The summed E-state index contributed by atoms with van der Waals surface area (Å²) < 4.78 is 5.21. The van der Waals surface area contributed by atoms with Gasteiger partial charge in [-0.3, -0.25) is 19.3 Å². The summed E-state index contributed by atoms with van der Waals surface area (Å²) in [6, 6.07) is 12.2. The van der Waals surface area contributed by atoms with E-state index in [0.29, 0.717) is 22.7 Å². The predicted octanol–water partition coefficient (Wildman–Crippen LogP) is 2.74. The van der Waals surface area contributed by atoms with E-state index in [1.54, 1.807) is 57.6 Å². The van der Waals surface area contributed by atoms with Gasteiger partial charge >= 0.3 is 0 Å². The lowest BCUT2D eigenvalue weighted by Crippen LogP contribution is -2.56. The molecule has 2 aromatic rings. The first-order valence-corrected chi connectivity index (χ1v) is 10.8. The molecule has 0 saturated carbocycles. The number of fused-ring (bicyclic) bond motifs is 3. The quantitative estimate of drug-likeness (QED) is 0.780. The molecule has 1 fully saturated rings. The average Bonchev–Trinajstić information content (AvgIpc) is 2.81. The second-order valence-corrected chi connectivity index (χ2v) is 8.31. The summed E-state index contributed by atoms with van der Waals surface area (Å²) in [5.41, 5.74) is 2.56. The number of piperidine rings is 1. The molecule has 32 heavy (non-hydrogen) atoms. The van der Waals surface area contributed by atoms with Gasteiger partial charge in [-0.25, -0.2) is 0 Å². The number of anilines is 3. The highest BCUT2D eigenvalue weighted by Gasteiger charge is 2.40. The zero-order valence-corrected chi connectivity index (χ0v) is 18.6. The summed E-state index contributed by atoms with van der Waals surface area (Å²) in [7, 11) is 4.94. The predicted molar refractivity (Wildman–Crippen MR) is 123 cm³/mol. The largest absolute Gasteiger partial charge is 0.497 e. The molecule has 0 radical (unpaired) electrons. The molecule has 1 N–H and O–H groups in total. The standard InChI is InChI=1S/C24H28N4O4/c1-26(2)23(30)16-10-11-19-21(13-16)28(24(31)20-9-4-5-12-27(19)20)15-22(29)25-17-7-6-8-18(14-17)32-3/h6-8,10-11,13-14,20H,4-5,9,12,15H2,1-3H3,(H,25,29)/t20-/m1/s1. The number of nitrogens with one attached hydrogen (secondary N) is 1. The van der Waals surface area contributed by atoms with Crippen LogP contribution >= 0.6 is 0 Å². The Morgan fingerprint density at radius 1 is 1.12 bits per heavy atom. The van der Waals surface area contributed by atoms with E-state index in [9.17, 15) is 14.4 Å². The molecule has 2 heterocycles. The molecule has 0 bridgehead atoms. The van der Waals surface area contributed by atoms with Gasteiger partial charge in [0.25, 0.3) is 5.91 Å². The highest BCUT2D eigenvalue weighted by atomic mass is 16.5. The number of carbonyl (C=O) groups is 3. The van der Waals surface area contributed by atoms with E-state index < -0.39 is 0 Å². The van der Waals surface area contributed by atoms with Crippen LogP contribution in [0, 0.1) is 0 Å². The fourth-order valence-corrected chi connectivity index (χ4v) is 4.36. The first-order valence-electron chi connectivity index (χ1n) is 10.8. The van der Waals surface area contributed by atoms with Crippen molar-refractivity contribution in [2.45, 2.75) is 25.3 Å². The number of amides is 3. The van der Waals surface area contributed by atoms with Crippen molar-refractivity contribution in [2.24, 2.45) is 0 Å². The van der Waals surface area contributed by atoms with Crippen LogP contribution in [0.15, 0.2) is 42.5 Å². The molecule has 2 aliphatic heterocycles. The number of methoxy groups -OCH3 is 1. The number of nitrogens with zero attached hydrogens (tertiary/aromatic N) is 3. The Bertz CT molecular complexity index is 1050. The van der Waals surface area contributed by atoms with Crippen LogP contribution in [0.5, 0.6) is 5.75 Å². The molecule has 0 spiro atoms. The number of hydrogen-bond acceptors (Lipinski definition) is 5. The molecule has 4 rings (SSSR count). The van der Waals surface area contributed by atoms with Crippen molar-refractivity contribution in [3.8, 4) is 5.75 Å². The van der Waals surface area contributed by atoms with Gasteiger partial charge in [0.1, 0.15) is 18.3 Å². The summed E-state index contributed by atoms with van der Waals surface area (Å²) in [4.78, 5) is 44.0.